The molecular formula is C21H15Cl2FN2O3S. The van der Waals surface area contributed by atoms with E-state index >= 15 is 0 Å². The van der Waals surface area contributed by atoms with Crippen LogP contribution >= 0.6 is 23.2 Å². The van der Waals surface area contributed by atoms with E-state index < -0.39 is 21.7 Å². The van der Waals surface area contributed by atoms with Crippen molar-refractivity contribution in [2.24, 2.45) is 0 Å². The van der Waals surface area contributed by atoms with Crippen LogP contribution in [0.4, 0.5) is 15.8 Å². The molecule has 0 saturated heterocycles. The summed E-state index contributed by atoms with van der Waals surface area (Å²) in [5.41, 5.74) is 1.41. The molecule has 0 atom stereocenters. The van der Waals surface area contributed by atoms with Crippen LogP contribution in [0.15, 0.2) is 65.6 Å². The quantitative estimate of drug-likeness (QED) is 0.581. The maximum Gasteiger partial charge on any atom is 0.265 e. The number of halogens is 3. The number of rotatable bonds is 4. The first-order valence-corrected chi connectivity index (χ1v) is 11.1. The summed E-state index contributed by atoms with van der Waals surface area (Å²) in [4.78, 5) is 12.4. The first kappa shape index (κ1) is 20.7. The van der Waals surface area contributed by atoms with E-state index in [4.69, 9.17) is 23.2 Å². The van der Waals surface area contributed by atoms with Crippen molar-refractivity contribution in [1.82, 2.24) is 0 Å². The molecule has 9 heteroatoms. The van der Waals surface area contributed by atoms with Crippen molar-refractivity contribution in [1.29, 1.82) is 0 Å². The van der Waals surface area contributed by atoms with Gasteiger partial charge in [-0.3, -0.25) is 9.10 Å². The second-order valence-corrected chi connectivity index (χ2v) is 9.30. The fraction of sp³-hybridized carbons (Fsp3) is 0.0952. The van der Waals surface area contributed by atoms with E-state index in [1.54, 1.807) is 12.1 Å². The van der Waals surface area contributed by atoms with E-state index in [1.807, 2.05) is 12.1 Å². The minimum absolute atomic E-state index is 0.00938. The average Bonchev–Trinajstić information content (AvgIpc) is 3.16. The Morgan fingerprint density at radius 3 is 2.57 bits per heavy atom. The molecule has 0 unspecified atom stereocenters. The van der Waals surface area contributed by atoms with Gasteiger partial charge < -0.3 is 5.32 Å². The molecule has 1 aliphatic rings. The summed E-state index contributed by atoms with van der Waals surface area (Å²) < 4.78 is 41.9. The number of hydrogen-bond donors (Lipinski definition) is 1. The largest absolute Gasteiger partial charge is 0.319 e. The van der Waals surface area contributed by atoms with Crippen molar-refractivity contribution in [3.63, 3.8) is 0 Å². The van der Waals surface area contributed by atoms with Crippen LogP contribution in [0.25, 0.3) is 0 Å². The number of para-hydroxylation sites is 1. The first-order chi connectivity index (χ1) is 14.3. The normalized spacial score (nSPS) is 13.2. The number of nitrogens with one attached hydrogen (secondary N) is 1. The monoisotopic (exact) mass is 464 g/mol. The summed E-state index contributed by atoms with van der Waals surface area (Å²) in [5, 5.41) is 2.25. The van der Waals surface area contributed by atoms with Gasteiger partial charge in [0.05, 0.1) is 21.4 Å². The fourth-order valence-electron chi connectivity index (χ4n) is 3.31. The highest BCUT2D eigenvalue weighted by molar-refractivity contribution is 7.93. The van der Waals surface area contributed by atoms with Crippen molar-refractivity contribution >= 4 is 50.5 Å². The Morgan fingerprint density at radius 2 is 1.77 bits per heavy atom. The maximum absolute atomic E-state index is 14.1. The van der Waals surface area contributed by atoms with Crippen molar-refractivity contribution in [3.05, 3.63) is 87.7 Å². The molecule has 1 heterocycles. The fourth-order valence-corrected chi connectivity index (χ4v) is 5.49. The van der Waals surface area contributed by atoms with Crippen molar-refractivity contribution < 1.29 is 17.6 Å². The lowest BCUT2D eigenvalue weighted by molar-refractivity contribution is 0.102. The van der Waals surface area contributed by atoms with Gasteiger partial charge in [0.2, 0.25) is 0 Å². The topological polar surface area (TPSA) is 66.5 Å². The average molecular weight is 465 g/mol. The van der Waals surface area contributed by atoms with Crippen LogP contribution in [-0.2, 0) is 16.4 Å². The number of anilines is 2. The lowest BCUT2D eigenvalue weighted by atomic mass is 10.2. The van der Waals surface area contributed by atoms with Gasteiger partial charge in [0.25, 0.3) is 15.9 Å². The van der Waals surface area contributed by atoms with Crippen molar-refractivity contribution in [2.75, 3.05) is 16.2 Å². The molecule has 4 rings (SSSR count). The van der Waals surface area contributed by atoms with Crippen LogP contribution in [0.1, 0.15) is 15.9 Å². The number of amides is 1. The van der Waals surface area contributed by atoms with Crippen LogP contribution in [-0.4, -0.2) is 20.9 Å². The Balaban J connectivity index is 1.68. The Bertz CT molecular complexity index is 1260. The number of benzene rings is 3. The summed E-state index contributed by atoms with van der Waals surface area (Å²) in [6, 6.07) is 15.3. The van der Waals surface area contributed by atoms with Crippen LogP contribution in [0, 0.1) is 5.82 Å². The minimum Gasteiger partial charge on any atom is -0.319 e. The van der Waals surface area contributed by atoms with Crippen LogP contribution < -0.4 is 9.62 Å². The van der Waals surface area contributed by atoms with Crippen LogP contribution in [0.5, 0.6) is 0 Å². The second-order valence-electron chi connectivity index (χ2n) is 6.66. The van der Waals surface area contributed by atoms with Gasteiger partial charge in [-0.05, 0) is 48.4 Å². The number of carbonyl (C=O) groups excluding carboxylic acids is 1. The first-order valence-electron chi connectivity index (χ1n) is 8.94. The molecule has 30 heavy (non-hydrogen) atoms. The Kier molecular flexibility index (Phi) is 5.44. The van der Waals surface area contributed by atoms with E-state index in [1.165, 1.54) is 40.7 Å². The summed E-state index contributed by atoms with van der Waals surface area (Å²) in [5.74, 6) is -1.46. The van der Waals surface area contributed by atoms with E-state index in [0.29, 0.717) is 12.1 Å². The highest BCUT2D eigenvalue weighted by atomic mass is 35.5. The number of hydrogen-bond acceptors (Lipinski definition) is 3. The molecule has 3 aromatic rings. The molecule has 0 radical (unpaired) electrons. The summed E-state index contributed by atoms with van der Waals surface area (Å²) >= 11 is 11.9. The van der Waals surface area contributed by atoms with Gasteiger partial charge in [-0.1, -0.05) is 47.5 Å². The van der Waals surface area contributed by atoms with Gasteiger partial charge in [0.15, 0.2) is 5.82 Å². The SMILES string of the molecule is O=C(Nc1cccc(Cl)c1F)c1ccc(Cl)c(S(=O)(=O)N2CCc3ccccc32)c1. The van der Waals surface area contributed by atoms with Gasteiger partial charge in [-0.25, -0.2) is 12.8 Å². The van der Waals surface area contributed by atoms with Gasteiger partial charge in [0.1, 0.15) is 4.90 Å². The standard InChI is InChI=1S/C21H15Cl2FN2O3S/c22-15-9-8-14(21(27)25-17-6-3-5-16(23)20(17)24)12-19(15)30(28,29)26-11-10-13-4-1-2-7-18(13)26/h1-9,12H,10-11H2,(H,25,27). The molecule has 1 amide bonds. The molecule has 3 aromatic carbocycles. The predicted molar refractivity (Wildman–Crippen MR) is 115 cm³/mol. The number of fused-ring (bicyclic) bond motifs is 1. The van der Waals surface area contributed by atoms with E-state index in [-0.39, 0.29) is 32.7 Å². The van der Waals surface area contributed by atoms with E-state index in [9.17, 15) is 17.6 Å². The third-order valence-corrected chi connectivity index (χ3v) is 7.39. The van der Waals surface area contributed by atoms with Gasteiger partial charge in [0, 0.05) is 12.1 Å². The molecule has 0 saturated carbocycles. The van der Waals surface area contributed by atoms with Gasteiger partial charge in [-0.15, -0.1) is 0 Å². The smallest absolute Gasteiger partial charge is 0.265 e. The number of carbonyl (C=O) groups is 1. The molecule has 0 fully saturated rings. The molecular weight excluding hydrogens is 450 g/mol. The van der Waals surface area contributed by atoms with Crippen LogP contribution in [0.3, 0.4) is 0 Å². The number of nitrogens with zero attached hydrogens (tertiary/aromatic N) is 1. The zero-order valence-corrected chi connectivity index (χ0v) is 17.7. The Hall–Kier alpha value is -2.61. The van der Waals surface area contributed by atoms with Gasteiger partial charge >= 0.3 is 0 Å². The highest BCUT2D eigenvalue weighted by Crippen LogP contribution is 2.35. The summed E-state index contributed by atoms with van der Waals surface area (Å²) in [7, 11) is -4.00. The molecule has 154 valence electrons. The molecule has 5 nitrogen and oxygen atoms in total. The van der Waals surface area contributed by atoms with Crippen LogP contribution in [0.2, 0.25) is 10.0 Å². The Labute approximate surface area is 183 Å². The zero-order chi connectivity index (χ0) is 21.5. The minimum atomic E-state index is -4.00. The van der Waals surface area contributed by atoms with E-state index in [0.717, 1.165) is 5.56 Å². The second kappa shape index (κ2) is 7.91. The number of sulfonamides is 1. The third kappa shape index (κ3) is 3.64. The van der Waals surface area contributed by atoms with Gasteiger partial charge in [-0.2, -0.15) is 0 Å². The molecule has 0 aromatic heterocycles. The molecule has 0 spiro atoms. The highest BCUT2D eigenvalue weighted by Gasteiger charge is 2.32. The molecule has 0 aliphatic carbocycles. The lowest BCUT2D eigenvalue weighted by Gasteiger charge is -2.20. The summed E-state index contributed by atoms with van der Waals surface area (Å²) in [6.07, 6.45) is 0.585. The van der Waals surface area contributed by atoms with Crippen molar-refractivity contribution in [2.45, 2.75) is 11.3 Å². The predicted octanol–water partition coefficient (Wildman–Crippen LogP) is 5.14. The Morgan fingerprint density at radius 1 is 1.00 bits per heavy atom. The molecule has 1 N–H and O–H groups in total. The lowest BCUT2D eigenvalue weighted by Crippen LogP contribution is -2.29. The molecule has 1 aliphatic heterocycles. The van der Waals surface area contributed by atoms with E-state index in [2.05, 4.69) is 5.32 Å². The molecule has 0 bridgehead atoms. The maximum atomic E-state index is 14.1. The van der Waals surface area contributed by atoms with Crippen molar-refractivity contribution in [3.8, 4) is 0 Å². The third-order valence-electron chi connectivity index (χ3n) is 4.81. The zero-order valence-electron chi connectivity index (χ0n) is 15.4. The summed E-state index contributed by atoms with van der Waals surface area (Å²) in [6.45, 7) is 0.280.